The predicted octanol–water partition coefficient (Wildman–Crippen LogP) is 12.6. The second kappa shape index (κ2) is 32.2. The summed E-state index contributed by atoms with van der Waals surface area (Å²) in [4.78, 5) is 12.0. The number of ketones is 1. The van der Waals surface area contributed by atoms with Gasteiger partial charge in [0.2, 0.25) is 0 Å². The van der Waals surface area contributed by atoms with E-state index in [1.54, 1.807) is 0 Å². The van der Waals surface area contributed by atoms with Crippen molar-refractivity contribution in [3.05, 3.63) is 0 Å². The average Bonchev–Trinajstić information content (AvgIpc) is 4.15. The summed E-state index contributed by atoms with van der Waals surface area (Å²) in [5.41, 5.74) is 0. The number of Topliss-reactive ketones (excluding diaryl/α,β-unsaturated/α-hetero) is 1. The van der Waals surface area contributed by atoms with Crippen LogP contribution in [0.25, 0.3) is 0 Å². The Hall–Kier alpha value is -0.610. The zero-order valence-electron chi connectivity index (χ0n) is 41.4. The van der Waals surface area contributed by atoms with Crippen molar-refractivity contribution in [2.24, 2.45) is 53.3 Å². The summed E-state index contributed by atoms with van der Waals surface area (Å²) in [6.07, 6.45) is 34.7. The van der Waals surface area contributed by atoms with Gasteiger partial charge in [0.25, 0.3) is 0 Å². The first-order valence-corrected chi connectivity index (χ1v) is 27.1. The average molecular weight is 877 g/mol. The molecule has 0 spiro atoms. The van der Waals surface area contributed by atoms with Gasteiger partial charge in [-0.15, -0.1) is 0 Å². The number of carbonyl (C=O) groups is 1. The molecule has 0 radical (unpaired) electrons. The van der Waals surface area contributed by atoms with Gasteiger partial charge in [-0.1, -0.05) is 64.2 Å². The normalized spacial score (nSPS) is 32.7. The lowest BCUT2D eigenvalue weighted by atomic mass is 9.54. The monoisotopic (exact) mass is 877 g/mol. The van der Waals surface area contributed by atoms with Crippen LogP contribution in [0.3, 0.4) is 0 Å². The topological polar surface area (TPSA) is 92.7 Å². The molecule has 1 N–H and O–H groups in total. The zero-order valence-corrected chi connectivity index (χ0v) is 41.4. The van der Waals surface area contributed by atoms with Crippen LogP contribution in [0.4, 0.5) is 0 Å². The predicted molar refractivity (Wildman–Crippen MR) is 254 cm³/mol. The van der Waals surface area contributed by atoms with Crippen LogP contribution in [0.1, 0.15) is 202 Å². The maximum Gasteiger partial charge on any atom is 0.141 e. The summed E-state index contributed by atoms with van der Waals surface area (Å²) in [5.74, 6) is 6.54. The van der Waals surface area contributed by atoms with Crippen molar-refractivity contribution in [2.75, 3.05) is 59.5 Å². The van der Waals surface area contributed by atoms with Crippen LogP contribution in [-0.2, 0) is 33.2 Å². The third-order valence-electron chi connectivity index (χ3n) is 15.8. The first kappa shape index (κ1) is 54.0. The van der Waals surface area contributed by atoms with E-state index in [4.69, 9.17) is 28.4 Å². The number of rotatable bonds is 15. The Kier molecular flexibility index (Phi) is 28.0. The van der Waals surface area contributed by atoms with Gasteiger partial charge in [-0.2, -0.15) is 0 Å². The van der Waals surface area contributed by atoms with Crippen LogP contribution in [0, 0.1) is 53.3 Å². The molecule has 8 heteroatoms. The lowest BCUT2D eigenvalue weighted by Crippen LogP contribution is -2.54. The van der Waals surface area contributed by atoms with Crippen molar-refractivity contribution in [3.8, 4) is 0 Å². The SMILES string of the molecule is CCOC1C2CC3CC(C2)C(=O)C1C3.CCOC1CCCC1.CCOC1CCCCC1.CCOCC1CC2CC(O)C1C2.CCOCC1CCCC1.CCOCC1CCCCC1. The van der Waals surface area contributed by atoms with Crippen molar-refractivity contribution in [3.63, 3.8) is 0 Å². The van der Waals surface area contributed by atoms with Crippen molar-refractivity contribution < 1.29 is 38.3 Å². The lowest BCUT2D eigenvalue weighted by molar-refractivity contribution is -0.161. The highest BCUT2D eigenvalue weighted by atomic mass is 16.5. The highest BCUT2D eigenvalue weighted by Crippen LogP contribution is 2.53. The quantitative estimate of drug-likeness (QED) is 0.174. The molecule has 8 nitrogen and oxygen atoms in total. The van der Waals surface area contributed by atoms with Crippen LogP contribution >= 0.6 is 0 Å². The summed E-state index contributed by atoms with van der Waals surface area (Å²) in [6, 6.07) is 0. The molecule has 0 aromatic rings. The zero-order chi connectivity index (χ0) is 44.4. The van der Waals surface area contributed by atoms with E-state index in [9.17, 15) is 9.90 Å². The first-order chi connectivity index (χ1) is 30.3. The molecule has 62 heavy (non-hydrogen) atoms. The molecule has 9 unspecified atom stereocenters. The van der Waals surface area contributed by atoms with Gasteiger partial charge in [0.1, 0.15) is 5.78 Å². The van der Waals surface area contributed by atoms with Gasteiger partial charge in [0.05, 0.1) is 24.4 Å². The number of carbonyl (C=O) groups excluding carboxylic acids is 1. The Bertz CT molecular complexity index is 1090. The molecule has 0 saturated heterocycles. The minimum absolute atomic E-state index is 0.0193. The van der Waals surface area contributed by atoms with Gasteiger partial charge < -0.3 is 33.5 Å². The molecule has 364 valence electrons. The maximum absolute atomic E-state index is 12.0. The van der Waals surface area contributed by atoms with Gasteiger partial charge in [0.15, 0.2) is 0 Å². The van der Waals surface area contributed by atoms with Crippen LogP contribution in [0.15, 0.2) is 0 Å². The summed E-state index contributed by atoms with van der Waals surface area (Å²) in [6.45, 7) is 20.4. The molecule has 9 atom stereocenters. The number of aliphatic hydroxyl groups is 1. The van der Waals surface area contributed by atoms with E-state index in [1.165, 1.54) is 141 Å². The lowest BCUT2D eigenvalue weighted by Gasteiger charge is -2.52. The Balaban J connectivity index is 0.000000166. The van der Waals surface area contributed by atoms with Gasteiger partial charge in [-0.3, -0.25) is 4.79 Å². The van der Waals surface area contributed by atoms with E-state index >= 15 is 0 Å². The van der Waals surface area contributed by atoms with E-state index < -0.39 is 0 Å². The molecule has 10 rings (SSSR count). The van der Waals surface area contributed by atoms with Crippen molar-refractivity contribution in [1.82, 2.24) is 0 Å². The molecular formula is C54H100O8. The van der Waals surface area contributed by atoms with Crippen LogP contribution in [0.5, 0.6) is 0 Å². The summed E-state index contributed by atoms with van der Waals surface area (Å²) >= 11 is 0. The molecule has 0 aliphatic heterocycles. The fraction of sp³-hybridized carbons (Fsp3) is 0.981. The summed E-state index contributed by atoms with van der Waals surface area (Å²) in [5, 5.41) is 9.63. The molecule has 10 fully saturated rings. The van der Waals surface area contributed by atoms with E-state index in [0.717, 1.165) is 102 Å². The van der Waals surface area contributed by atoms with Gasteiger partial charge in [-0.05, 0) is 179 Å². The fourth-order valence-electron chi connectivity index (χ4n) is 12.8. The number of fused-ring (bicyclic) bond motifs is 2. The molecular weight excluding hydrogens is 777 g/mol. The second-order valence-electron chi connectivity index (χ2n) is 20.5. The standard InChI is InChI=1S/C12H18O2.C10H18O2.C9H18O.2C8H16O.C7H14O/c1-2-14-12-9-4-7-3-8(6-9)11(13)10(12)5-7;1-2-12-6-8-3-7-4-9(8)10(11)5-7;1-2-10-8-9-6-4-3-5-7-9;1-2-9-7-8-5-3-4-6-8;1-2-9-8-6-4-3-5-7-8;1-2-8-7-5-3-4-6-7/h7-10,12H,2-6H2,1H3;7-11H,2-6H2,1H3;9H,2-8H2,1H3;2*8H,2-7H2,1H3;7H,2-6H2,1H3. The molecule has 10 aliphatic rings. The Morgan fingerprint density at radius 1 is 0.468 bits per heavy atom. The fourth-order valence-corrected chi connectivity index (χ4v) is 12.8. The third kappa shape index (κ3) is 19.3. The van der Waals surface area contributed by atoms with E-state index in [2.05, 4.69) is 27.7 Å². The van der Waals surface area contributed by atoms with E-state index in [-0.39, 0.29) is 18.1 Å². The molecule has 0 aromatic heterocycles. The third-order valence-corrected chi connectivity index (χ3v) is 15.8. The second-order valence-corrected chi connectivity index (χ2v) is 20.5. The minimum Gasteiger partial charge on any atom is -0.393 e. The number of hydrogen-bond donors (Lipinski definition) is 1. The maximum atomic E-state index is 12.0. The highest BCUT2D eigenvalue weighted by molar-refractivity contribution is 5.86. The minimum atomic E-state index is -0.0193. The van der Waals surface area contributed by atoms with Gasteiger partial charge >= 0.3 is 0 Å². The molecule has 10 saturated carbocycles. The Morgan fingerprint density at radius 2 is 0.935 bits per heavy atom. The Labute approximate surface area is 382 Å². The molecule has 6 bridgehead atoms. The smallest absolute Gasteiger partial charge is 0.141 e. The van der Waals surface area contributed by atoms with E-state index in [0.29, 0.717) is 41.7 Å². The molecule has 0 heterocycles. The molecule has 0 amide bonds. The van der Waals surface area contributed by atoms with Gasteiger partial charge in [0, 0.05) is 71.3 Å². The van der Waals surface area contributed by atoms with Crippen molar-refractivity contribution in [2.45, 2.75) is 226 Å². The molecule has 0 aromatic carbocycles. The van der Waals surface area contributed by atoms with Crippen LogP contribution in [-0.4, -0.2) is 94.8 Å². The highest BCUT2D eigenvalue weighted by Gasteiger charge is 2.53. The van der Waals surface area contributed by atoms with Crippen molar-refractivity contribution in [1.29, 1.82) is 0 Å². The first-order valence-electron chi connectivity index (χ1n) is 27.1. The van der Waals surface area contributed by atoms with Gasteiger partial charge in [-0.25, -0.2) is 0 Å². The molecule has 10 aliphatic carbocycles. The van der Waals surface area contributed by atoms with Crippen LogP contribution < -0.4 is 0 Å². The van der Waals surface area contributed by atoms with E-state index in [1.807, 2.05) is 13.8 Å². The largest absolute Gasteiger partial charge is 0.393 e. The number of hydrogen-bond acceptors (Lipinski definition) is 8. The number of aliphatic hydroxyl groups excluding tert-OH is 1. The summed E-state index contributed by atoms with van der Waals surface area (Å²) in [7, 11) is 0. The number of ether oxygens (including phenoxy) is 6. The Morgan fingerprint density at radius 3 is 1.42 bits per heavy atom. The van der Waals surface area contributed by atoms with Crippen molar-refractivity contribution >= 4 is 5.78 Å². The summed E-state index contributed by atoms with van der Waals surface area (Å²) < 4.78 is 32.8. The van der Waals surface area contributed by atoms with Crippen LogP contribution in [0.2, 0.25) is 0 Å².